The van der Waals surface area contributed by atoms with E-state index in [2.05, 4.69) is 0 Å². The van der Waals surface area contributed by atoms with Crippen LogP contribution in [0.4, 0.5) is 13.2 Å². The van der Waals surface area contributed by atoms with Crippen molar-refractivity contribution in [3.63, 3.8) is 0 Å². The standard InChI is InChI=1S/C10H10ClF3O2/c1-16-9-3-2-6(10(12,13)14)4-7(9)8(15)5-11/h2-4,8,15H,5H2,1H3/t8-/m0/s1. The molecule has 1 atom stereocenters. The summed E-state index contributed by atoms with van der Waals surface area (Å²) in [7, 11) is 1.31. The van der Waals surface area contributed by atoms with Crippen LogP contribution in [0.5, 0.6) is 5.75 Å². The van der Waals surface area contributed by atoms with Crippen molar-refractivity contribution >= 4 is 11.6 Å². The van der Waals surface area contributed by atoms with E-state index >= 15 is 0 Å². The Hall–Kier alpha value is -0.940. The molecule has 0 saturated heterocycles. The van der Waals surface area contributed by atoms with Gasteiger partial charge in [-0.2, -0.15) is 13.2 Å². The molecule has 90 valence electrons. The maximum atomic E-state index is 12.4. The number of rotatable bonds is 3. The molecule has 0 aliphatic carbocycles. The smallest absolute Gasteiger partial charge is 0.416 e. The summed E-state index contributed by atoms with van der Waals surface area (Å²) >= 11 is 5.40. The average molecular weight is 255 g/mol. The lowest BCUT2D eigenvalue weighted by atomic mass is 10.1. The van der Waals surface area contributed by atoms with E-state index < -0.39 is 17.8 Å². The predicted octanol–water partition coefficient (Wildman–Crippen LogP) is 2.99. The first-order chi connectivity index (χ1) is 7.40. The first-order valence-corrected chi connectivity index (χ1v) is 4.92. The molecule has 0 saturated carbocycles. The van der Waals surface area contributed by atoms with Crippen molar-refractivity contribution < 1.29 is 23.0 Å². The molecule has 0 amide bonds. The Labute approximate surface area is 95.6 Å². The van der Waals surface area contributed by atoms with Crippen molar-refractivity contribution in [1.82, 2.24) is 0 Å². The van der Waals surface area contributed by atoms with Gasteiger partial charge in [0.2, 0.25) is 0 Å². The lowest BCUT2D eigenvalue weighted by Crippen LogP contribution is -2.08. The number of hydrogen-bond donors (Lipinski definition) is 1. The fourth-order valence-electron chi connectivity index (χ4n) is 1.25. The maximum absolute atomic E-state index is 12.4. The first-order valence-electron chi connectivity index (χ1n) is 4.39. The zero-order chi connectivity index (χ0) is 12.3. The number of ether oxygens (including phenoxy) is 1. The Morgan fingerprint density at radius 2 is 2.06 bits per heavy atom. The molecular formula is C10H10ClF3O2. The van der Waals surface area contributed by atoms with E-state index in [0.29, 0.717) is 0 Å². The molecule has 0 bridgehead atoms. The number of benzene rings is 1. The zero-order valence-electron chi connectivity index (χ0n) is 8.38. The molecule has 0 radical (unpaired) electrons. The van der Waals surface area contributed by atoms with Crippen molar-refractivity contribution in [3.05, 3.63) is 29.3 Å². The van der Waals surface area contributed by atoms with E-state index in [0.717, 1.165) is 18.2 Å². The quantitative estimate of drug-likeness (QED) is 0.841. The largest absolute Gasteiger partial charge is 0.496 e. The predicted molar refractivity (Wildman–Crippen MR) is 53.7 cm³/mol. The summed E-state index contributed by atoms with van der Waals surface area (Å²) in [4.78, 5) is 0. The topological polar surface area (TPSA) is 29.5 Å². The Morgan fingerprint density at radius 3 is 2.50 bits per heavy atom. The summed E-state index contributed by atoms with van der Waals surface area (Å²) in [5.41, 5.74) is -0.806. The second kappa shape index (κ2) is 4.93. The molecule has 0 aromatic heterocycles. The van der Waals surface area contributed by atoms with Crippen LogP contribution in [0.15, 0.2) is 18.2 Å². The summed E-state index contributed by atoms with van der Waals surface area (Å²) in [6.07, 6.45) is -5.63. The molecule has 6 heteroatoms. The van der Waals surface area contributed by atoms with Crippen molar-refractivity contribution in [2.24, 2.45) is 0 Å². The number of halogens is 4. The monoisotopic (exact) mass is 254 g/mol. The van der Waals surface area contributed by atoms with Gasteiger partial charge in [0.25, 0.3) is 0 Å². The molecule has 0 fully saturated rings. The van der Waals surface area contributed by atoms with Crippen molar-refractivity contribution in [2.75, 3.05) is 13.0 Å². The minimum Gasteiger partial charge on any atom is -0.496 e. The van der Waals surface area contributed by atoms with Gasteiger partial charge in [-0.3, -0.25) is 0 Å². The van der Waals surface area contributed by atoms with Crippen molar-refractivity contribution in [2.45, 2.75) is 12.3 Å². The molecule has 2 nitrogen and oxygen atoms in total. The van der Waals surface area contributed by atoms with Gasteiger partial charge < -0.3 is 9.84 Å². The molecule has 1 rings (SSSR count). The van der Waals surface area contributed by atoms with Crippen molar-refractivity contribution in [1.29, 1.82) is 0 Å². The Kier molecular flexibility index (Phi) is 4.04. The van der Waals surface area contributed by atoms with Crippen LogP contribution in [0.25, 0.3) is 0 Å². The van der Waals surface area contributed by atoms with Crippen LogP contribution >= 0.6 is 11.6 Å². The number of methoxy groups -OCH3 is 1. The number of alkyl halides is 4. The lowest BCUT2D eigenvalue weighted by Gasteiger charge is -2.15. The maximum Gasteiger partial charge on any atom is 0.416 e. The highest BCUT2D eigenvalue weighted by atomic mass is 35.5. The average Bonchev–Trinajstić information content (AvgIpc) is 2.25. The van der Waals surface area contributed by atoms with E-state index in [4.69, 9.17) is 16.3 Å². The van der Waals surface area contributed by atoms with Crippen LogP contribution in [0, 0.1) is 0 Å². The van der Waals surface area contributed by atoms with E-state index in [1.54, 1.807) is 0 Å². The lowest BCUT2D eigenvalue weighted by molar-refractivity contribution is -0.137. The summed E-state index contributed by atoms with van der Waals surface area (Å²) < 4.78 is 42.1. The highest BCUT2D eigenvalue weighted by Crippen LogP contribution is 2.34. The SMILES string of the molecule is COc1ccc(C(F)(F)F)cc1[C@@H](O)CCl. The third-order valence-electron chi connectivity index (χ3n) is 2.06. The summed E-state index contributed by atoms with van der Waals surface area (Å²) in [5.74, 6) is -0.0151. The van der Waals surface area contributed by atoms with E-state index in [9.17, 15) is 18.3 Å². The second-order valence-corrected chi connectivity index (χ2v) is 3.43. The van der Waals surface area contributed by atoms with Gasteiger partial charge in [-0.05, 0) is 18.2 Å². The summed E-state index contributed by atoms with van der Waals surface area (Å²) in [6, 6.07) is 2.89. The second-order valence-electron chi connectivity index (χ2n) is 3.12. The Bertz CT molecular complexity index is 366. The number of aliphatic hydroxyl groups is 1. The minimum absolute atomic E-state index is 0.0346. The fourth-order valence-corrected chi connectivity index (χ4v) is 1.42. The van der Waals surface area contributed by atoms with Crippen LogP contribution in [0.1, 0.15) is 17.2 Å². The molecule has 0 aliphatic heterocycles. The highest BCUT2D eigenvalue weighted by Gasteiger charge is 2.31. The molecule has 1 aromatic carbocycles. The van der Waals surface area contributed by atoms with E-state index in [-0.39, 0.29) is 17.2 Å². The Morgan fingerprint density at radius 1 is 1.44 bits per heavy atom. The molecular weight excluding hydrogens is 245 g/mol. The van der Waals surface area contributed by atoms with Gasteiger partial charge >= 0.3 is 6.18 Å². The minimum atomic E-state index is -4.45. The van der Waals surface area contributed by atoms with Gasteiger partial charge in [-0.25, -0.2) is 0 Å². The number of aliphatic hydroxyl groups excluding tert-OH is 1. The van der Waals surface area contributed by atoms with Crippen LogP contribution in [-0.4, -0.2) is 18.1 Å². The molecule has 0 unspecified atom stereocenters. The normalized spacial score (nSPS) is 13.6. The van der Waals surface area contributed by atoms with E-state index in [1.807, 2.05) is 0 Å². The molecule has 0 aliphatic rings. The van der Waals surface area contributed by atoms with Crippen LogP contribution < -0.4 is 4.74 Å². The van der Waals surface area contributed by atoms with Gasteiger partial charge in [0.05, 0.1) is 24.7 Å². The Balaban J connectivity index is 3.21. The van der Waals surface area contributed by atoms with Gasteiger partial charge in [0.15, 0.2) is 0 Å². The van der Waals surface area contributed by atoms with Gasteiger partial charge in [0, 0.05) is 5.56 Å². The summed E-state index contributed by atoms with van der Waals surface area (Å²) in [6.45, 7) is 0. The molecule has 1 N–H and O–H groups in total. The van der Waals surface area contributed by atoms with Gasteiger partial charge in [-0.15, -0.1) is 11.6 Å². The fraction of sp³-hybridized carbons (Fsp3) is 0.400. The van der Waals surface area contributed by atoms with Crippen molar-refractivity contribution in [3.8, 4) is 5.75 Å². The third kappa shape index (κ3) is 2.80. The molecule has 16 heavy (non-hydrogen) atoms. The van der Waals surface area contributed by atoms with E-state index in [1.165, 1.54) is 7.11 Å². The van der Waals surface area contributed by atoms with Crippen LogP contribution in [0.2, 0.25) is 0 Å². The highest BCUT2D eigenvalue weighted by molar-refractivity contribution is 6.18. The third-order valence-corrected chi connectivity index (χ3v) is 2.35. The van der Waals surface area contributed by atoms with Crippen LogP contribution in [-0.2, 0) is 6.18 Å². The summed E-state index contributed by atoms with van der Waals surface area (Å²) in [5, 5.41) is 9.45. The molecule has 0 heterocycles. The zero-order valence-corrected chi connectivity index (χ0v) is 9.14. The van der Waals surface area contributed by atoms with Gasteiger partial charge in [-0.1, -0.05) is 0 Å². The molecule has 1 aromatic rings. The first kappa shape index (κ1) is 13.1. The number of hydrogen-bond acceptors (Lipinski definition) is 2. The van der Waals surface area contributed by atoms with Crippen LogP contribution in [0.3, 0.4) is 0 Å². The molecule has 0 spiro atoms. The van der Waals surface area contributed by atoms with Gasteiger partial charge in [0.1, 0.15) is 5.75 Å².